The molecule has 0 amide bonds. The molecule has 0 N–H and O–H groups in total. The van der Waals surface area contributed by atoms with Gasteiger partial charge in [-0.2, -0.15) is 5.26 Å². The number of halogens is 1. The van der Waals surface area contributed by atoms with Crippen LogP contribution in [0.25, 0.3) is 0 Å². The van der Waals surface area contributed by atoms with Gasteiger partial charge in [0.15, 0.2) is 0 Å². The number of ether oxygens (including phenoxy) is 1. The smallest absolute Gasteiger partial charge is 0.145 e. The number of benzene rings is 2. The first-order valence-electron chi connectivity index (χ1n) is 4.72. The molecule has 0 saturated heterocycles. The number of hydrogen-bond acceptors (Lipinski definition) is 2. The molecule has 0 heterocycles. The standard InChI is InChI=1S/C13H8INO/c14-11-5-7-12(8-6-11)16-13-4-2-1-3-10(13)9-15/h1-8H. The highest BCUT2D eigenvalue weighted by molar-refractivity contribution is 14.1. The minimum absolute atomic E-state index is 0.543. The van der Waals surface area contributed by atoms with Gasteiger partial charge in [0.1, 0.15) is 17.6 Å². The van der Waals surface area contributed by atoms with E-state index in [-0.39, 0.29) is 0 Å². The molecule has 0 radical (unpaired) electrons. The topological polar surface area (TPSA) is 33.0 Å². The molecule has 2 aromatic carbocycles. The molecule has 0 bridgehead atoms. The van der Waals surface area contributed by atoms with Crippen LogP contribution in [0.5, 0.6) is 11.5 Å². The Bertz CT molecular complexity index is 528. The van der Waals surface area contributed by atoms with Crippen molar-refractivity contribution in [1.82, 2.24) is 0 Å². The van der Waals surface area contributed by atoms with Crippen LogP contribution in [0.2, 0.25) is 0 Å². The first-order valence-corrected chi connectivity index (χ1v) is 5.80. The van der Waals surface area contributed by atoms with E-state index in [9.17, 15) is 0 Å². The molecule has 0 saturated carbocycles. The monoisotopic (exact) mass is 321 g/mol. The zero-order valence-corrected chi connectivity index (χ0v) is 10.5. The van der Waals surface area contributed by atoms with E-state index in [1.807, 2.05) is 36.4 Å². The lowest BCUT2D eigenvalue weighted by molar-refractivity contribution is 0.481. The summed E-state index contributed by atoms with van der Waals surface area (Å²) in [6.07, 6.45) is 0. The van der Waals surface area contributed by atoms with Gasteiger partial charge in [0, 0.05) is 3.57 Å². The van der Waals surface area contributed by atoms with Gasteiger partial charge in [0.25, 0.3) is 0 Å². The van der Waals surface area contributed by atoms with Crippen LogP contribution in [0.1, 0.15) is 5.56 Å². The first kappa shape index (κ1) is 11.0. The molecule has 0 aliphatic heterocycles. The third-order valence-corrected chi connectivity index (χ3v) is 2.77. The third-order valence-electron chi connectivity index (χ3n) is 2.05. The zero-order chi connectivity index (χ0) is 11.4. The molecule has 0 aliphatic carbocycles. The van der Waals surface area contributed by atoms with Crippen LogP contribution < -0.4 is 4.74 Å². The molecule has 0 aliphatic rings. The summed E-state index contributed by atoms with van der Waals surface area (Å²) in [6.45, 7) is 0. The van der Waals surface area contributed by atoms with Crippen LogP contribution in [-0.4, -0.2) is 0 Å². The Labute approximate surface area is 108 Å². The van der Waals surface area contributed by atoms with Gasteiger partial charge in [-0.3, -0.25) is 0 Å². The van der Waals surface area contributed by atoms with E-state index >= 15 is 0 Å². The SMILES string of the molecule is N#Cc1ccccc1Oc1ccc(I)cc1. The second kappa shape index (κ2) is 4.99. The van der Waals surface area contributed by atoms with E-state index in [1.54, 1.807) is 12.1 Å². The lowest BCUT2D eigenvalue weighted by Gasteiger charge is -2.06. The highest BCUT2D eigenvalue weighted by Gasteiger charge is 2.02. The molecular weight excluding hydrogens is 313 g/mol. The van der Waals surface area contributed by atoms with Crippen molar-refractivity contribution in [3.05, 3.63) is 57.7 Å². The second-order valence-corrected chi connectivity index (χ2v) is 4.41. The fourth-order valence-corrected chi connectivity index (χ4v) is 1.64. The Balaban J connectivity index is 2.27. The van der Waals surface area contributed by atoms with Crippen molar-refractivity contribution >= 4 is 22.6 Å². The van der Waals surface area contributed by atoms with E-state index < -0.39 is 0 Å². The average molecular weight is 321 g/mol. The van der Waals surface area contributed by atoms with E-state index in [4.69, 9.17) is 10.00 Å². The van der Waals surface area contributed by atoms with Crippen LogP contribution in [0.4, 0.5) is 0 Å². The Hall–Kier alpha value is -1.54. The van der Waals surface area contributed by atoms with Crippen molar-refractivity contribution in [1.29, 1.82) is 5.26 Å². The Morgan fingerprint density at radius 1 is 1.00 bits per heavy atom. The molecule has 2 rings (SSSR count). The molecule has 0 unspecified atom stereocenters. The number of para-hydroxylation sites is 1. The quantitative estimate of drug-likeness (QED) is 0.785. The molecule has 0 spiro atoms. The van der Waals surface area contributed by atoms with E-state index in [1.165, 1.54) is 0 Å². The number of hydrogen-bond donors (Lipinski definition) is 0. The van der Waals surface area contributed by atoms with Gasteiger partial charge in [0.2, 0.25) is 0 Å². The first-order chi connectivity index (χ1) is 7.79. The zero-order valence-electron chi connectivity index (χ0n) is 8.35. The second-order valence-electron chi connectivity index (χ2n) is 3.16. The largest absolute Gasteiger partial charge is 0.456 e. The number of rotatable bonds is 2. The fourth-order valence-electron chi connectivity index (χ4n) is 1.28. The molecule has 2 nitrogen and oxygen atoms in total. The number of nitrogens with zero attached hydrogens (tertiary/aromatic N) is 1. The van der Waals surface area contributed by atoms with Gasteiger partial charge < -0.3 is 4.74 Å². The normalized spacial score (nSPS) is 9.50. The summed E-state index contributed by atoms with van der Waals surface area (Å²) < 4.78 is 6.78. The minimum atomic E-state index is 0.543. The van der Waals surface area contributed by atoms with Crippen molar-refractivity contribution in [2.24, 2.45) is 0 Å². The third kappa shape index (κ3) is 2.52. The predicted octanol–water partition coefficient (Wildman–Crippen LogP) is 3.96. The van der Waals surface area contributed by atoms with Gasteiger partial charge in [0.05, 0.1) is 5.56 Å². The van der Waals surface area contributed by atoms with Crippen LogP contribution in [-0.2, 0) is 0 Å². The lowest BCUT2D eigenvalue weighted by atomic mass is 10.2. The molecule has 78 valence electrons. The van der Waals surface area contributed by atoms with E-state index in [0.29, 0.717) is 11.3 Å². The van der Waals surface area contributed by atoms with Gasteiger partial charge >= 0.3 is 0 Å². The highest BCUT2D eigenvalue weighted by Crippen LogP contribution is 2.24. The average Bonchev–Trinajstić information content (AvgIpc) is 2.33. The summed E-state index contributed by atoms with van der Waals surface area (Å²) in [6, 6.07) is 17.0. The highest BCUT2D eigenvalue weighted by atomic mass is 127. The Morgan fingerprint density at radius 2 is 1.69 bits per heavy atom. The predicted molar refractivity (Wildman–Crippen MR) is 70.4 cm³/mol. The maximum Gasteiger partial charge on any atom is 0.145 e. The van der Waals surface area contributed by atoms with E-state index in [0.717, 1.165) is 9.32 Å². The van der Waals surface area contributed by atoms with Crippen molar-refractivity contribution in [3.63, 3.8) is 0 Å². The summed E-state index contributed by atoms with van der Waals surface area (Å²) in [5, 5.41) is 8.91. The van der Waals surface area contributed by atoms with Crippen LogP contribution in [0.3, 0.4) is 0 Å². The summed E-state index contributed by atoms with van der Waals surface area (Å²) in [5.74, 6) is 1.33. The maximum atomic E-state index is 8.91. The summed E-state index contributed by atoms with van der Waals surface area (Å²) in [5.41, 5.74) is 0.543. The fraction of sp³-hybridized carbons (Fsp3) is 0. The molecule has 0 atom stereocenters. The molecule has 3 heteroatoms. The Kier molecular flexibility index (Phi) is 3.42. The minimum Gasteiger partial charge on any atom is -0.456 e. The van der Waals surface area contributed by atoms with Crippen molar-refractivity contribution in [2.75, 3.05) is 0 Å². The molecular formula is C13H8INO. The van der Waals surface area contributed by atoms with Crippen molar-refractivity contribution in [2.45, 2.75) is 0 Å². The van der Waals surface area contributed by atoms with Crippen LogP contribution in [0.15, 0.2) is 48.5 Å². The maximum absolute atomic E-state index is 8.91. The molecule has 16 heavy (non-hydrogen) atoms. The molecule has 0 fully saturated rings. The van der Waals surface area contributed by atoms with Gasteiger partial charge in [-0.1, -0.05) is 12.1 Å². The lowest BCUT2D eigenvalue weighted by Crippen LogP contribution is -1.87. The van der Waals surface area contributed by atoms with Crippen LogP contribution in [0, 0.1) is 14.9 Å². The molecule has 2 aromatic rings. The van der Waals surface area contributed by atoms with Crippen molar-refractivity contribution < 1.29 is 4.74 Å². The summed E-state index contributed by atoms with van der Waals surface area (Å²) in [7, 11) is 0. The summed E-state index contributed by atoms with van der Waals surface area (Å²) >= 11 is 2.23. The Morgan fingerprint density at radius 3 is 2.38 bits per heavy atom. The number of nitriles is 1. The molecule has 0 aromatic heterocycles. The van der Waals surface area contributed by atoms with Crippen molar-refractivity contribution in [3.8, 4) is 17.6 Å². The summed E-state index contributed by atoms with van der Waals surface area (Å²) in [4.78, 5) is 0. The van der Waals surface area contributed by atoms with Gasteiger partial charge in [-0.15, -0.1) is 0 Å². The van der Waals surface area contributed by atoms with Crippen LogP contribution >= 0.6 is 22.6 Å². The van der Waals surface area contributed by atoms with E-state index in [2.05, 4.69) is 28.7 Å². The van der Waals surface area contributed by atoms with Gasteiger partial charge in [-0.05, 0) is 59.0 Å². The van der Waals surface area contributed by atoms with Gasteiger partial charge in [-0.25, -0.2) is 0 Å².